The molecular weight excluding hydrogens is 404 g/mol. The number of unbranched alkanes of at least 4 members (excludes halogenated alkanes) is 1. The molecule has 2 atom stereocenters. The molecule has 1 aromatic rings. The summed E-state index contributed by atoms with van der Waals surface area (Å²) in [4.78, 5) is 22.4. The normalized spacial score (nSPS) is 14.2. The number of carbonyl (C=O) groups excluding carboxylic acids is 2. The molecule has 0 bridgehead atoms. The van der Waals surface area contributed by atoms with Crippen molar-refractivity contribution >= 4 is 20.9 Å². The zero-order valence-electron chi connectivity index (χ0n) is 20.5. The summed E-state index contributed by atoms with van der Waals surface area (Å²) in [6.45, 7) is 14.2. The summed E-state index contributed by atoms with van der Waals surface area (Å²) in [6.07, 6.45) is 6.43. The Morgan fingerprint density at radius 1 is 0.774 bits per heavy atom. The van der Waals surface area contributed by atoms with Crippen molar-refractivity contribution < 1.29 is 18.8 Å². The van der Waals surface area contributed by atoms with Crippen LogP contribution in [0.25, 0.3) is 0 Å². The minimum absolute atomic E-state index is 0.00822. The van der Waals surface area contributed by atoms with Crippen LogP contribution in [0.3, 0.4) is 0 Å². The van der Waals surface area contributed by atoms with Crippen LogP contribution in [0.15, 0.2) is 30.3 Å². The van der Waals surface area contributed by atoms with E-state index in [-0.39, 0.29) is 12.2 Å². The molecule has 0 saturated carbocycles. The molecule has 0 amide bonds. The third kappa shape index (κ3) is 8.99. The molecule has 0 aromatic heterocycles. The Balaban J connectivity index is 2.60. The van der Waals surface area contributed by atoms with Crippen LogP contribution in [0.1, 0.15) is 85.6 Å². The summed E-state index contributed by atoms with van der Waals surface area (Å²) in [5.74, 6) is 0. The second-order valence-electron chi connectivity index (χ2n) is 9.57. The SMILES string of the molecule is CC(C)[Si](O[C@@H](CC=O)CCCC[C@H](CC=O)OCc1ccccc1)(C(C)C)C(C)C. The lowest BCUT2D eigenvalue weighted by Gasteiger charge is -2.44. The molecule has 0 saturated heterocycles. The second kappa shape index (κ2) is 14.7. The first-order valence-corrected chi connectivity index (χ1v) is 14.1. The highest BCUT2D eigenvalue weighted by Crippen LogP contribution is 2.43. The number of benzene rings is 1. The number of carbonyl (C=O) groups is 2. The summed E-state index contributed by atoms with van der Waals surface area (Å²) >= 11 is 0. The van der Waals surface area contributed by atoms with Gasteiger partial charge in [0.15, 0.2) is 0 Å². The molecular formula is C26H44O4Si. The van der Waals surface area contributed by atoms with Crippen molar-refractivity contribution in [3.05, 3.63) is 35.9 Å². The van der Waals surface area contributed by atoms with E-state index >= 15 is 0 Å². The topological polar surface area (TPSA) is 52.6 Å². The molecule has 0 aliphatic rings. The summed E-state index contributed by atoms with van der Waals surface area (Å²) in [5.41, 5.74) is 2.63. The first kappa shape index (κ1) is 27.7. The Kier molecular flexibility index (Phi) is 13.2. The van der Waals surface area contributed by atoms with E-state index in [1.54, 1.807) is 0 Å². The van der Waals surface area contributed by atoms with Crippen LogP contribution in [0.4, 0.5) is 0 Å². The number of rotatable bonds is 17. The Morgan fingerprint density at radius 3 is 1.74 bits per heavy atom. The predicted molar refractivity (Wildman–Crippen MR) is 131 cm³/mol. The first-order valence-electron chi connectivity index (χ1n) is 12.0. The molecule has 0 unspecified atom stereocenters. The highest BCUT2D eigenvalue weighted by atomic mass is 28.4. The van der Waals surface area contributed by atoms with E-state index in [0.29, 0.717) is 36.1 Å². The number of hydrogen-bond donors (Lipinski definition) is 0. The van der Waals surface area contributed by atoms with Crippen molar-refractivity contribution in [1.82, 2.24) is 0 Å². The Labute approximate surface area is 191 Å². The van der Waals surface area contributed by atoms with E-state index in [9.17, 15) is 9.59 Å². The van der Waals surface area contributed by atoms with Crippen molar-refractivity contribution in [3.8, 4) is 0 Å². The van der Waals surface area contributed by atoms with Gasteiger partial charge in [-0.1, -0.05) is 84.7 Å². The average molecular weight is 449 g/mol. The maximum Gasteiger partial charge on any atom is 0.200 e. The largest absolute Gasteiger partial charge is 0.413 e. The summed E-state index contributed by atoms with van der Waals surface area (Å²) < 4.78 is 12.8. The van der Waals surface area contributed by atoms with Gasteiger partial charge in [0.05, 0.1) is 18.8 Å². The maximum absolute atomic E-state index is 11.3. The van der Waals surface area contributed by atoms with Crippen LogP contribution in [-0.4, -0.2) is 33.1 Å². The standard InChI is InChI=1S/C26H44O4Si/c1-21(2)31(22(3)4,23(5)6)30-26(17-19-28)15-11-10-14-25(16-18-27)29-20-24-12-8-7-9-13-24/h7-9,12-13,18-19,21-23,25-26H,10-11,14-17,20H2,1-6H3/t25-,26-/m1/s1. The molecule has 0 spiro atoms. The predicted octanol–water partition coefficient (Wildman–Crippen LogP) is 6.87. The van der Waals surface area contributed by atoms with Crippen LogP contribution in [-0.2, 0) is 25.4 Å². The van der Waals surface area contributed by atoms with Crippen molar-refractivity contribution in [3.63, 3.8) is 0 Å². The molecule has 4 nitrogen and oxygen atoms in total. The fourth-order valence-electron chi connectivity index (χ4n) is 4.94. The lowest BCUT2D eigenvalue weighted by atomic mass is 10.0. The number of ether oxygens (including phenoxy) is 1. The number of hydrogen-bond acceptors (Lipinski definition) is 4. The van der Waals surface area contributed by atoms with Crippen molar-refractivity contribution in [2.75, 3.05) is 0 Å². The van der Waals surface area contributed by atoms with Gasteiger partial charge in [0.25, 0.3) is 0 Å². The van der Waals surface area contributed by atoms with Crippen molar-refractivity contribution in [2.45, 2.75) is 116 Å². The van der Waals surface area contributed by atoms with Crippen LogP contribution in [0.5, 0.6) is 0 Å². The van der Waals surface area contributed by atoms with Gasteiger partial charge in [0.1, 0.15) is 12.6 Å². The number of aldehydes is 2. The molecule has 31 heavy (non-hydrogen) atoms. The second-order valence-corrected chi connectivity index (χ2v) is 15.0. The quantitative estimate of drug-likeness (QED) is 0.148. The zero-order valence-corrected chi connectivity index (χ0v) is 21.5. The maximum atomic E-state index is 11.3. The van der Waals surface area contributed by atoms with E-state index in [1.807, 2.05) is 30.3 Å². The molecule has 1 aromatic carbocycles. The van der Waals surface area contributed by atoms with Gasteiger partial charge in [-0.25, -0.2) is 0 Å². The van der Waals surface area contributed by atoms with E-state index in [4.69, 9.17) is 9.16 Å². The molecule has 0 aliphatic heterocycles. The van der Waals surface area contributed by atoms with Gasteiger partial charge in [-0.15, -0.1) is 0 Å². The van der Waals surface area contributed by atoms with E-state index in [1.165, 1.54) is 0 Å². The van der Waals surface area contributed by atoms with E-state index < -0.39 is 8.32 Å². The molecule has 1 rings (SSSR count). The first-order chi connectivity index (χ1) is 14.8. The van der Waals surface area contributed by atoms with Crippen LogP contribution >= 0.6 is 0 Å². The highest BCUT2D eigenvalue weighted by molar-refractivity contribution is 6.77. The molecule has 176 valence electrons. The molecule has 0 N–H and O–H groups in total. The lowest BCUT2D eigenvalue weighted by molar-refractivity contribution is -0.111. The zero-order chi connectivity index (χ0) is 23.3. The summed E-state index contributed by atoms with van der Waals surface area (Å²) in [5, 5.41) is 0. The minimum Gasteiger partial charge on any atom is -0.413 e. The third-order valence-corrected chi connectivity index (χ3v) is 12.6. The van der Waals surface area contributed by atoms with Gasteiger partial charge >= 0.3 is 0 Å². The molecule has 0 fully saturated rings. The molecule has 0 aliphatic carbocycles. The Morgan fingerprint density at radius 2 is 1.26 bits per heavy atom. The highest BCUT2D eigenvalue weighted by Gasteiger charge is 2.46. The summed E-state index contributed by atoms with van der Waals surface area (Å²) in [6, 6.07) is 10.0. The van der Waals surface area contributed by atoms with Gasteiger partial charge in [0, 0.05) is 12.8 Å². The van der Waals surface area contributed by atoms with Gasteiger partial charge in [-0.2, -0.15) is 0 Å². The van der Waals surface area contributed by atoms with Crippen LogP contribution in [0.2, 0.25) is 16.6 Å². The van der Waals surface area contributed by atoms with E-state index in [0.717, 1.165) is 43.8 Å². The monoisotopic (exact) mass is 448 g/mol. The third-order valence-electron chi connectivity index (χ3n) is 6.43. The molecule has 0 radical (unpaired) electrons. The van der Waals surface area contributed by atoms with E-state index in [2.05, 4.69) is 41.5 Å². The average Bonchev–Trinajstić information content (AvgIpc) is 2.72. The molecule has 0 heterocycles. The van der Waals surface area contributed by atoms with Gasteiger partial charge in [-0.3, -0.25) is 0 Å². The van der Waals surface area contributed by atoms with Crippen LogP contribution < -0.4 is 0 Å². The Bertz CT molecular complexity index is 593. The fourth-order valence-corrected chi connectivity index (χ4v) is 10.5. The Hall–Kier alpha value is -1.30. The van der Waals surface area contributed by atoms with Crippen molar-refractivity contribution in [1.29, 1.82) is 0 Å². The smallest absolute Gasteiger partial charge is 0.200 e. The molecule has 5 heteroatoms. The summed E-state index contributed by atoms with van der Waals surface area (Å²) in [7, 11) is -2.00. The van der Waals surface area contributed by atoms with Crippen LogP contribution in [0, 0.1) is 0 Å². The lowest BCUT2D eigenvalue weighted by Crippen LogP contribution is -2.50. The van der Waals surface area contributed by atoms with Gasteiger partial charge in [-0.05, 0) is 35.0 Å². The fraction of sp³-hybridized carbons (Fsp3) is 0.692. The van der Waals surface area contributed by atoms with Gasteiger partial charge in [0.2, 0.25) is 8.32 Å². The van der Waals surface area contributed by atoms with Gasteiger partial charge < -0.3 is 18.8 Å². The van der Waals surface area contributed by atoms with Crippen molar-refractivity contribution in [2.24, 2.45) is 0 Å². The minimum atomic E-state index is -2.00.